The molecule has 0 radical (unpaired) electrons. The Bertz CT molecular complexity index is 419. The first-order valence-electron chi connectivity index (χ1n) is 4.57. The Balaban J connectivity index is 3.00. The smallest absolute Gasteiger partial charge is 0.295 e. The lowest BCUT2D eigenvalue weighted by molar-refractivity contribution is 0.407. The van der Waals surface area contributed by atoms with Crippen LogP contribution in [0.25, 0.3) is 0 Å². The summed E-state index contributed by atoms with van der Waals surface area (Å²) < 4.78 is 4.93. The molecule has 0 spiro atoms. The average molecular weight is 207 g/mol. The average Bonchev–Trinajstić information content (AvgIpc) is 2.26. The van der Waals surface area contributed by atoms with Crippen molar-refractivity contribution in [1.82, 2.24) is 9.97 Å². The lowest BCUT2D eigenvalue weighted by Gasteiger charge is -2.12. The highest BCUT2D eigenvalue weighted by atomic mass is 16.5. The van der Waals surface area contributed by atoms with Gasteiger partial charge in [0.1, 0.15) is 0 Å². The molecule has 0 bridgehead atoms. The molecular weight excluding hydrogens is 194 g/mol. The van der Waals surface area contributed by atoms with E-state index in [0.717, 1.165) is 6.42 Å². The van der Waals surface area contributed by atoms with Crippen molar-refractivity contribution in [3.8, 4) is 18.1 Å². The van der Waals surface area contributed by atoms with Crippen molar-refractivity contribution in [3.63, 3.8) is 0 Å². The van der Waals surface area contributed by atoms with Gasteiger partial charge in [-0.15, -0.1) is 6.42 Å². The highest BCUT2D eigenvalue weighted by molar-refractivity contribution is 5.49. The summed E-state index contributed by atoms with van der Waals surface area (Å²) in [7, 11) is 1.41. The van der Waals surface area contributed by atoms with E-state index in [2.05, 4.69) is 21.2 Å². The minimum Gasteiger partial charge on any atom is -0.489 e. The van der Waals surface area contributed by atoms with Crippen molar-refractivity contribution < 1.29 is 4.74 Å². The van der Waals surface area contributed by atoms with Gasteiger partial charge in [-0.2, -0.15) is 0 Å². The number of aromatic nitrogens is 2. The minimum atomic E-state index is -0.332. The molecule has 0 fully saturated rings. The molecule has 0 aliphatic heterocycles. The van der Waals surface area contributed by atoms with Crippen LogP contribution in [-0.2, 0) is 0 Å². The van der Waals surface area contributed by atoms with Crippen molar-refractivity contribution in [2.24, 2.45) is 0 Å². The molecule has 1 aromatic heterocycles. The number of aromatic amines is 1. The zero-order chi connectivity index (χ0) is 11.3. The number of ether oxygens (including phenoxy) is 1. The lowest BCUT2D eigenvalue weighted by atomic mass is 10.2. The summed E-state index contributed by atoms with van der Waals surface area (Å²) in [5.41, 5.74) is -0.332. The van der Waals surface area contributed by atoms with Gasteiger partial charge in [0.15, 0.2) is 5.82 Å². The van der Waals surface area contributed by atoms with E-state index in [4.69, 9.17) is 11.2 Å². The number of hydrogen-bond donors (Lipinski definition) is 2. The van der Waals surface area contributed by atoms with E-state index in [9.17, 15) is 4.79 Å². The zero-order valence-corrected chi connectivity index (χ0v) is 8.70. The first kappa shape index (κ1) is 11.1. The van der Waals surface area contributed by atoms with Gasteiger partial charge in [-0.25, -0.2) is 4.98 Å². The Labute approximate surface area is 87.9 Å². The van der Waals surface area contributed by atoms with Crippen LogP contribution >= 0.6 is 0 Å². The fourth-order valence-electron chi connectivity index (χ4n) is 1.11. The van der Waals surface area contributed by atoms with E-state index in [-0.39, 0.29) is 17.4 Å². The quantitative estimate of drug-likeness (QED) is 0.709. The van der Waals surface area contributed by atoms with E-state index < -0.39 is 0 Å². The van der Waals surface area contributed by atoms with Crippen LogP contribution in [0, 0.1) is 12.3 Å². The molecule has 0 aromatic carbocycles. The summed E-state index contributed by atoms with van der Waals surface area (Å²) in [6.07, 6.45) is 7.34. The molecule has 0 aliphatic rings. The molecule has 0 saturated carbocycles. The second-order valence-corrected chi connectivity index (χ2v) is 2.89. The largest absolute Gasteiger partial charge is 0.489 e. The lowest BCUT2D eigenvalue weighted by Crippen LogP contribution is -2.20. The SMILES string of the molecule is C#CC(CC)Nc1nc[nH]c(=O)c1OC. The minimum absolute atomic E-state index is 0.145. The van der Waals surface area contributed by atoms with Crippen LogP contribution in [-0.4, -0.2) is 23.1 Å². The van der Waals surface area contributed by atoms with E-state index in [1.165, 1.54) is 13.4 Å². The molecule has 2 N–H and O–H groups in total. The van der Waals surface area contributed by atoms with Gasteiger partial charge in [0, 0.05) is 0 Å². The molecule has 0 aliphatic carbocycles. The van der Waals surface area contributed by atoms with Crippen LogP contribution in [0.2, 0.25) is 0 Å². The Morgan fingerprint density at radius 1 is 1.80 bits per heavy atom. The third-order valence-electron chi connectivity index (χ3n) is 1.94. The molecule has 80 valence electrons. The van der Waals surface area contributed by atoms with Crippen LogP contribution in [0.5, 0.6) is 5.75 Å². The maximum Gasteiger partial charge on any atom is 0.295 e. The van der Waals surface area contributed by atoms with Crippen molar-refractivity contribution in [2.45, 2.75) is 19.4 Å². The number of anilines is 1. The Hall–Kier alpha value is -1.96. The van der Waals surface area contributed by atoms with Gasteiger partial charge in [-0.3, -0.25) is 4.79 Å². The summed E-state index contributed by atoms with van der Waals surface area (Å²) in [6.45, 7) is 1.94. The second kappa shape index (κ2) is 5.05. The molecule has 0 amide bonds. The fraction of sp³-hybridized carbons (Fsp3) is 0.400. The Morgan fingerprint density at radius 2 is 2.53 bits per heavy atom. The van der Waals surface area contributed by atoms with Crippen LogP contribution in [0.15, 0.2) is 11.1 Å². The number of nitrogens with one attached hydrogen (secondary N) is 2. The van der Waals surface area contributed by atoms with E-state index in [1.54, 1.807) is 0 Å². The van der Waals surface area contributed by atoms with E-state index in [1.807, 2.05) is 6.92 Å². The van der Waals surface area contributed by atoms with E-state index in [0.29, 0.717) is 5.82 Å². The highest BCUT2D eigenvalue weighted by Crippen LogP contribution is 2.15. The first-order chi connectivity index (χ1) is 7.22. The van der Waals surface area contributed by atoms with Crippen molar-refractivity contribution in [3.05, 3.63) is 16.7 Å². The standard InChI is InChI=1S/C10H13N3O2/c1-4-7(5-2)13-9-8(15-3)10(14)12-6-11-9/h1,6-7H,5H2,2-3H3,(H2,11,12,13,14). The monoisotopic (exact) mass is 207 g/mol. The summed E-state index contributed by atoms with van der Waals surface area (Å²) in [5.74, 6) is 3.06. The predicted octanol–water partition coefficient (Wildman–Crippen LogP) is 0.602. The first-order valence-corrected chi connectivity index (χ1v) is 4.57. The molecule has 1 atom stereocenters. The fourth-order valence-corrected chi connectivity index (χ4v) is 1.11. The molecular formula is C10H13N3O2. The number of nitrogens with zero attached hydrogens (tertiary/aromatic N) is 1. The van der Waals surface area contributed by atoms with Crippen molar-refractivity contribution in [1.29, 1.82) is 0 Å². The van der Waals surface area contributed by atoms with Gasteiger partial charge < -0.3 is 15.0 Å². The summed E-state index contributed by atoms with van der Waals surface area (Å²) in [5, 5.41) is 2.95. The number of H-pyrrole nitrogens is 1. The summed E-state index contributed by atoms with van der Waals surface area (Å²) in [6, 6.07) is -0.159. The van der Waals surface area contributed by atoms with Crippen LogP contribution in [0.1, 0.15) is 13.3 Å². The number of terminal acetylenes is 1. The molecule has 1 aromatic rings. The molecule has 1 unspecified atom stereocenters. The van der Waals surface area contributed by atoms with Gasteiger partial charge in [-0.05, 0) is 6.42 Å². The maximum absolute atomic E-state index is 11.3. The predicted molar refractivity (Wildman–Crippen MR) is 57.9 cm³/mol. The molecule has 5 nitrogen and oxygen atoms in total. The molecule has 1 heterocycles. The zero-order valence-electron chi connectivity index (χ0n) is 8.70. The third kappa shape index (κ3) is 2.50. The van der Waals surface area contributed by atoms with Gasteiger partial charge in [-0.1, -0.05) is 12.8 Å². The number of methoxy groups -OCH3 is 1. The van der Waals surface area contributed by atoms with Crippen molar-refractivity contribution in [2.75, 3.05) is 12.4 Å². The van der Waals surface area contributed by atoms with E-state index >= 15 is 0 Å². The molecule has 5 heteroatoms. The summed E-state index contributed by atoms with van der Waals surface area (Å²) >= 11 is 0. The maximum atomic E-state index is 11.3. The molecule has 0 saturated heterocycles. The van der Waals surface area contributed by atoms with Crippen LogP contribution in [0.4, 0.5) is 5.82 Å². The van der Waals surface area contributed by atoms with Gasteiger partial charge >= 0.3 is 0 Å². The molecule has 15 heavy (non-hydrogen) atoms. The van der Waals surface area contributed by atoms with Crippen LogP contribution in [0.3, 0.4) is 0 Å². The molecule has 1 rings (SSSR count). The number of hydrogen-bond acceptors (Lipinski definition) is 4. The van der Waals surface area contributed by atoms with Gasteiger partial charge in [0.25, 0.3) is 5.56 Å². The normalized spacial score (nSPS) is 11.5. The Kier molecular flexibility index (Phi) is 3.75. The highest BCUT2D eigenvalue weighted by Gasteiger charge is 2.11. The third-order valence-corrected chi connectivity index (χ3v) is 1.94. The second-order valence-electron chi connectivity index (χ2n) is 2.89. The number of rotatable bonds is 4. The van der Waals surface area contributed by atoms with Gasteiger partial charge in [0.2, 0.25) is 5.75 Å². The summed E-state index contributed by atoms with van der Waals surface area (Å²) in [4.78, 5) is 17.7. The van der Waals surface area contributed by atoms with Gasteiger partial charge in [0.05, 0.1) is 19.5 Å². The van der Waals surface area contributed by atoms with Crippen LogP contribution < -0.4 is 15.6 Å². The van der Waals surface area contributed by atoms with Crippen molar-refractivity contribution >= 4 is 5.82 Å². The Morgan fingerprint density at radius 3 is 3.07 bits per heavy atom. The topological polar surface area (TPSA) is 67.0 Å².